The third-order valence-electron chi connectivity index (χ3n) is 3.89. The lowest BCUT2D eigenvalue weighted by atomic mass is 9.75. The molecular formula is C13H20N2. The summed E-state index contributed by atoms with van der Waals surface area (Å²) >= 11 is 0. The summed E-state index contributed by atoms with van der Waals surface area (Å²) in [7, 11) is 0. The second kappa shape index (κ2) is 3.84. The SMILES string of the molecule is C=C(C)C1CCC(C)(n2ccnc2)CC1. The molecule has 1 aromatic heterocycles. The number of imidazole rings is 1. The van der Waals surface area contributed by atoms with E-state index in [-0.39, 0.29) is 5.54 Å². The number of rotatable bonds is 2. The predicted octanol–water partition coefficient (Wildman–Crippen LogP) is 3.36. The molecule has 0 bridgehead atoms. The van der Waals surface area contributed by atoms with Gasteiger partial charge in [-0.05, 0) is 45.4 Å². The molecule has 82 valence electrons. The predicted molar refractivity (Wildman–Crippen MR) is 62.6 cm³/mol. The lowest BCUT2D eigenvalue weighted by Crippen LogP contribution is -2.34. The van der Waals surface area contributed by atoms with Gasteiger partial charge >= 0.3 is 0 Å². The van der Waals surface area contributed by atoms with E-state index in [1.165, 1.54) is 31.3 Å². The molecule has 0 aromatic carbocycles. The maximum atomic E-state index is 4.14. The molecule has 1 aromatic rings. The van der Waals surface area contributed by atoms with Crippen molar-refractivity contribution in [2.75, 3.05) is 0 Å². The van der Waals surface area contributed by atoms with Gasteiger partial charge in [-0.3, -0.25) is 0 Å². The van der Waals surface area contributed by atoms with Gasteiger partial charge in [-0.2, -0.15) is 0 Å². The van der Waals surface area contributed by atoms with E-state index < -0.39 is 0 Å². The van der Waals surface area contributed by atoms with Crippen molar-refractivity contribution in [3.8, 4) is 0 Å². The second-order valence-corrected chi connectivity index (χ2v) is 5.09. The molecule has 0 saturated heterocycles. The zero-order chi connectivity index (χ0) is 10.9. The zero-order valence-corrected chi connectivity index (χ0v) is 9.74. The second-order valence-electron chi connectivity index (χ2n) is 5.09. The molecule has 0 atom stereocenters. The van der Waals surface area contributed by atoms with Gasteiger partial charge in [0.2, 0.25) is 0 Å². The smallest absolute Gasteiger partial charge is 0.0951 e. The molecule has 2 rings (SSSR count). The van der Waals surface area contributed by atoms with Crippen LogP contribution in [-0.2, 0) is 5.54 Å². The highest BCUT2D eigenvalue weighted by Gasteiger charge is 2.32. The van der Waals surface area contributed by atoms with E-state index in [1.54, 1.807) is 0 Å². The Hall–Kier alpha value is -1.05. The number of aromatic nitrogens is 2. The fourth-order valence-corrected chi connectivity index (χ4v) is 2.57. The molecule has 2 heteroatoms. The Balaban J connectivity index is 2.06. The van der Waals surface area contributed by atoms with Crippen LogP contribution in [0.15, 0.2) is 30.9 Å². The highest BCUT2D eigenvalue weighted by molar-refractivity contribution is 5.02. The number of allylic oxidation sites excluding steroid dienone is 1. The molecule has 0 amide bonds. The summed E-state index contributed by atoms with van der Waals surface area (Å²) in [5, 5.41) is 0. The molecule has 15 heavy (non-hydrogen) atoms. The molecule has 1 heterocycles. The molecule has 1 saturated carbocycles. The number of hydrogen-bond donors (Lipinski definition) is 0. The minimum Gasteiger partial charge on any atom is -0.332 e. The van der Waals surface area contributed by atoms with Gasteiger partial charge in [0.25, 0.3) is 0 Å². The van der Waals surface area contributed by atoms with Crippen molar-refractivity contribution in [2.45, 2.75) is 45.1 Å². The van der Waals surface area contributed by atoms with Crippen molar-refractivity contribution >= 4 is 0 Å². The zero-order valence-electron chi connectivity index (χ0n) is 9.74. The third-order valence-corrected chi connectivity index (χ3v) is 3.89. The highest BCUT2D eigenvalue weighted by atomic mass is 15.1. The van der Waals surface area contributed by atoms with Gasteiger partial charge in [0, 0.05) is 17.9 Å². The molecule has 1 fully saturated rings. The van der Waals surface area contributed by atoms with E-state index in [1.807, 2.05) is 12.5 Å². The van der Waals surface area contributed by atoms with Crippen LogP contribution in [0.4, 0.5) is 0 Å². The molecule has 0 spiro atoms. The fraction of sp³-hybridized carbons (Fsp3) is 0.615. The van der Waals surface area contributed by atoms with Crippen LogP contribution in [0.1, 0.15) is 39.5 Å². The van der Waals surface area contributed by atoms with Crippen molar-refractivity contribution in [1.29, 1.82) is 0 Å². The minimum atomic E-state index is 0.280. The van der Waals surface area contributed by atoms with Crippen molar-refractivity contribution in [3.05, 3.63) is 30.9 Å². The largest absolute Gasteiger partial charge is 0.332 e. The van der Waals surface area contributed by atoms with Crippen LogP contribution in [-0.4, -0.2) is 9.55 Å². The Morgan fingerprint density at radius 3 is 2.60 bits per heavy atom. The summed E-state index contributed by atoms with van der Waals surface area (Å²) in [5.41, 5.74) is 1.63. The van der Waals surface area contributed by atoms with Crippen LogP contribution in [0.5, 0.6) is 0 Å². The molecular weight excluding hydrogens is 184 g/mol. The lowest BCUT2D eigenvalue weighted by Gasteiger charge is -2.38. The van der Waals surface area contributed by atoms with Gasteiger partial charge < -0.3 is 4.57 Å². The Kier molecular flexibility index (Phi) is 2.68. The lowest BCUT2D eigenvalue weighted by molar-refractivity contribution is 0.188. The average Bonchev–Trinajstić information content (AvgIpc) is 2.71. The quantitative estimate of drug-likeness (QED) is 0.675. The van der Waals surface area contributed by atoms with Crippen molar-refractivity contribution in [3.63, 3.8) is 0 Å². The summed E-state index contributed by atoms with van der Waals surface area (Å²) in [6.45, 7) is 8.56. The fourth-order valence-electron chi connectivity index (χ4n) is 2.57. The summed E-state index contributed by atoms with van der Waals surface area (Å²) in [4.78, 5) is 4.14. The molecule has 2 nitrogen and oxygen atoms in total. The van der Waals surface area contributed by atoms with E-state index in [9.17, 15) is 0 Å². The Morgan fingerprint density at radius 2 is 2.13 bits per heavy atom. The van der Waals surface area contributed by atoms with Crippen LogP contribution < -0.4 is 0 Å². The van der Waals surface area contributed by atoms with Gasteiger partial charge in [-0.25, -0.2) is 4.98 Å². The summed E-state index contributed by atoms with van der Waals surface area (Å²) in [5.74, 6) is 0.738. The summed E-state index contributed by atoms with van der Waals surface area (Å²) in [6, 6.07) is 0. The van der Waals surface area contributed by atoms with Crippen LogP contribution >= 0.6 is 0 Å². The molecule has 0 N–H and O–H groups in total. The van der Waals surface area contributed by atoms with Crippen LogP contribution in [0.25, 0.3) is 0 Å². The van der Waals surface area contributed by atoms with Crippen LogP contribution in [0, 0.1) is 5.92 Å². The highest BCUT2D eigenvalue weighted by Crippen LogP contribution is 2.39. The number of nitrogens with zero attached hydrogens (tertiary/aromatic N) is 2. The molecule has 0 radical (unpaired) electrons. The number of hydrogen-bond acceptors (Lipinski definition) is 1. The van der Waals surface area contributed by atoms with E-state index in [4.69, 9.17) is 0 Å². The van der Waals surface area contributed by atoms with Gasteiger partial charge in [-0.1, -0.05) is 12.2 Å². The first-order valence-electron chi connectivity index (χ1n) is 5.76. The van der Waals surface area contributed by atoms with Crippen molar-refractivity contribution in [1.82, 2.24) is 9.55 Å². The Bertz CT molecular complexity index is 329. The Labute approximate surface area is 92.0 Å². The van der Waals surface area contributed by atoms with Crippen LogP contribution in [0.2, 0.25) is 0 Å². The minimum absolute atomic E-state index is 0.280. The standard InChI is InChI=1S/C13H20N2/c1-11(2)12-4-6-13(3,7-5-12)15-9-8-14-10-15/h8-10,12H,1,4-7H2,2-3H3. The van der Waals surface area contributed by atoms with Gasteiger partial charge in [0.05, 0.1) is 6.33 Å². The van der Waals surface area contributed by atoms with Gasteiger partial charge in [-0.15, -0.1) is 0 Å². The maximum absolute atomic E-state index is 4.14. The molecule has 1 aliphatic carbocycles. The topological polar surface area (TPSA) is 17.8 Å². The third kappa shape index (κ3) is 1.99. The first-order chi connectivity index (χ1) is 7.12. The molecule has 0 unspecified atom stereocenters. The van der Waals surface area contributed by atoms with Crippen molar-refractivity contribution in [2.24, 2.45) is 5.92 Å². The van der Waals surface area contributed by atoms with Crippen molar-refractivity contribution < 1.29 is 0 Å². The van der Waals surface area contributed by atoms with Crippen LogP contribution in [0.3, 0.4) is 0 Å². The van der Waals surface area contributed by atoms with E-state index in [2.05, 4.69) is 36.2 Å². The van der Waals surface area contributed by atoms with E-state index in [0.29, 0.717) is 0 Å². The Morgan fingerprint density at radius 1 is 1.47 bits per heavy atom. The van der Waals surface area contributed by atoms with E-state index in [0.717, 1.165) is 5.92 Å². The summed E-state index contributed by atoms with van der Waals surface area (Å²) in [6.07, 6.45) is 10.9. The van der Waals surface area contributed by atoms with Gasteiger partial charge in [0.1, 0.15) is 0 Å². The van der Waals surface area contributed by atoms with Gasteiger partial charge in [0.15, 0.2) is 0 Å². The van der Waals surface area contributed by atoms with E-state index >= 15 is 0 Å². The maximum Gasteiger partial charge on any atom is 0.0951 e. The average molecular weight is 204 g/mol. The normalized spacial score (nSPS) is 31.5. The first-order valence-corrected chi connectivity index (χ1v) is 5.76. The molecule has 1 aliphatic rings. The molecule has 0 aliphatic heterocycles. The first kappa shape index (κ1) is 10.5. The summed E-state index contributed by atoms with van der Waals surface area (Å²) < 4.78 is 2.27. The monoisotopic (exact) mass is 204 g/mol.